The number of amidine groups is 1. The van der Waals surface area contributed by atoms with Gasteiger partial charge in [-0.2, -0.15) is 5.10 Å². The average Bonchev–Trinajstić information content (AvgIpc) is 2.34. The summed E-state index contributed by atoms with van der Waals surface area (Å²) in [5.41, 5.74) is 6.06. The van der Waals surface area contributed by atoms with Gasteiger partial charge in [0.1, 0.15) is 0 Å². The molecule has 0 radical (unpaired) electrons. The van der Waals surface area contributed by atoms with Crippen LogP contribution in [0.25, 0.3) is 0 Å². The van der Waals surface area contributed by atoms with E-state index >= 15 is 0 Å². The zero-order valence-electron chi connectivity index (χ0n) is 9.91. The molecule has 4 N–H and O–H groups in total. The molecule has 17 heavy (non-hydrogen) atoms. The van der Waals surface area contributed by atoms with Crippen LogP contribution >= 0.6 is 0 Å². The minimum atomic E-state index is -0.0292. The largest absolute Gasteiger partial charge is 0.409 e. The Balaban J connectivity index is 3.18. The summed E-state index contributed by atoms with van der Waals surface area (Å²) in [6.45, 7) is 4.31. The van der Waals surface area contributed by atoms with Gasteiger partial charge in [-0.25, -0.2) is 0 Å². The van der Waals surface area contributed by atoms with Gasteiger partial charge in [0, 0.05) is 12.6 Å². The molecule has 0 aromatic carbocycles. The standard InChI is InChI=1S/C10H17N5O2/c1-7(2)15(5-6-16)10-8(9(11)14-17)3-4-12-13-10/h3-4,7,16-17H,5-6H2,1-2H3,(H2,11,14). The van der Waals surface area contributed by atoms with Crippen LogP contribution in [0.1, 0.15) is 19.4 Å². The van der Waals surface area contributed by atoms with E-state index < -0.39 is 0 Å². The summed E-state index contributed by atoms with van der Waals surface area (Å²) >= 11 is 0. The number of aliphatic hydroxyl groups excluding tert-OH is 1. The number of anilines is 1. The molecule has 0 aliphatic carbocycles. The number of oxime groups is 1. The second-order valence-electron chi connectivity index (χ2n) is 3.76. The number of hydrogen-bond donors (Lipinski definition) is 3. The van der Waals surface area contributed by atoms with E-state index in [-0.39, 0.29) is 18.5 Å². The Kier molecular flexibility index (Phi) is 4.65. The van der Waals surface area contributed by atoms with E-state index in [0.717, 1.165) is 0 Å². The summed E-state index contributed by atoms with van der Waals surface area (Å²) in [6.07, 6.45) is 1.47. The van der Waals surface area contributed by atoms with Crippen molar-refractivity contribution in [2.45, 2.75) is 19.9 Å². The van der Waals surface area contributed by atoms with Gasteiger partial charge in [-0.05, 0) is 19.9 Å². The van der Waals surface area contributed by atoms with E-state index in [1.165, 1.54) is 6.20 Å². The first-order chi connectivity index (χ1) is 8.11. The minimum absolute atomic E-state index is 0.00956. The lowest BCUT2D eigenvalue weighted by molar-refractivity contribution is 0.298. The Hall–Kier alpha value is -1.89. The van der Waals surface area contributed by atoms with Crippen LogP contribution in [0.2, 0.25) is 0 Å². The van der Waals surface area contributed by atoms with Crippen molar-refractivity contribution in [3.8, 4) is 0 Å². The lowest BCUT2D eigenvalue weighted by atomic mass is 10.2. The van der Waals surface area contributed by atoms with Gasteiger partial charge in [-0.1, -0.05) is 5.16 Å². The number of hydrogen-bond acceptors (Lipinski definition) is 6. The van der Waals surface area contributed by atoms with Crippen molar-refractivity contribution in [3.05, 3.63) is 17.8 Å². The van der Waals surface area contributed by atoms with Gasteiger partial charge in [0.05, 0.1) is 18.4 Å². The van der Waals surface area contributed by atoms with Crippen molar-refractivity contribution in [1.29, 1.82) is 0 Å². The average molecular weight is 239 g/mol. The SMILES string of the molecule is CC(C)N(CCO)c1nnccc1/C(N)=N/O. The van der Waals surface area contributed by atoms with E-state index in [4.69, 9.17) is 16.0 Å². The zero-order chi connectivity index (χ0) is 12.8. The number of nitrogens with zero attached hydrogens (tertiary/aromatic N) is 4. The third kappa shape index (κ3) is 3.04. The van der Waals surface area contributed by atoms with Crippen LogP contribution in [0.3, 0.4) is 0 Å². The molecule has 0 amide bonds. The predicted octanol–water partition coefficient (Wildman–Crippen LogP) is -0.222. The zero-order valence-corrected chi connectivity index (χ0v) is 9.91. The fraction of sp³-hybridized carbons (Fsp3) is 0.500. The molecule has 0 fully saturated rings. The summed E-state index contributed by atoms with van der Waals surface area (Å²) in [4.78, 5) is 1.83. The van der Waals surface area contributed by atoms with Crippen molar-refractivity contribution >= 4 is 11.7 Å². The summed E-state index contributed by atoms with van der Waals surface area (Å²) in [5, 5.41) is 28.5. The van der Waals surface area contributed by atoms with E-state index in [2.05, 4.69) is 15.4 Å². The Morgan fingerprint density at radius 3 is 2.82 bits per heavy atom. The van der Waals surface area contributed by atoms with Crippen LogP contribution in [0.5, 0.6) is 0 Å². The second kappa shape index (κ2) is 6.00. The lowest BCUT2D eigenvalue weighted by Gasteiger charge is -2.27. The fourth-order valence-electron chi connectivity index (χ4n) is 1.51. The molecular weight excluding hydrogens is 222 g/mol. The second-order valence-corrected chi connectivity index (χ2v) is 3.76. The highest BCUT2D eigenvalue weighted by Gasteiger charge is 2.18. The molecule has 1 rings (SSSR count). The van der Waals surface area contributed by atoms with Crippen LogP contribution < -0.4 is 10.6 Å². The quantitative estimate of drug-likeness (QED) is 0.284. The van der Waals surface area contributed by atoms with Gasteiger partial charge in [0.15, 0.2) is 11.7 Å². The Morgan fingerprint density at radius 2 is 2.29 bits per heavy atom. The van der Waals surface area contributed by atoms with Gasteiger partial charge in [-0.15, -0.1) is 5.10 Å². The van der Waals surface area contributed by atoms with Crippen molar-refractivity contribution in [2.75, 3.05) is 18.1 Å². The molecule has 0 spiro atoms. The summed E-state index contributed by atoms with van der Waals surface area (Å²) < 4.78 is 0. The van der Waals surface area contributed by atoms with Crippen LogP contribution in [0.4, 0.5) is 5.82 Å². The maximum atomic E-state index is 9.03. The first-order valence-electron chi connectivity index (χ1n) is 5.29. The molecule has 0 atom stereocenters. The molecule has 7 nitrogen and oxygen atoms in total. The highest BCUT2D eigenvalue weighted by molar-refractivity contribution is 6.01. The topological polar surface area (TPSA) is 108 Å². The molecule has 0 unspecified atom stereocenters. The van der Waals surface area contributed by atoms with Crippen molar-refractivity contribution in [2.24, 2.45) is 10.9 Å². The van der Waals surface area contributed by atoms with Gasteiger partial charge in [0.2, 0.25) is 0 Å². The normalized spacial score (nSPS) is 11.9. The molecule has 0 aliphatic rings. The summed E-state index contributed by atoms with van der Waals surface area (Å²) in [7, 11) is 0. The van der Waals surface area contributed by atoms with Crippen molar-refractivity contribution < 1.29 is 10.3 Å². The highest BCUT2D eigenvalue weighted by atomic mass is 16.4. The molecule has 94 valence electrons. The molecule has 0 saturated heterocycles. The minimum Gasteiger partial charge on any atom is -0.409 e. The van der Waals surface area contributed by atoms with Crippen LogP contribution in [0.15, 0.2) is 17.4 Å². The van der Waals surface area contributed by atoms with Gasteiger partial charge >= 0.3 is 0 Å². The lowest BCUT2D eigenvalue weighted by Crippen LogP contribution is -2.36. The molecule has 0 saturated carbocycles. The highest BCUT2D eigenvalue weighted by Crippen LogP contribution is 2.18. The van der Waals surface area contributed by atoms with Crippen LogP contribution in [-0.4, -0.2) is 45.5 Å². The van der Waals surface area contributed by atoms with Crippen molar-refractivity contribution in [1.82, 2.24) is 10.2 Å². The van der Waals surface area contributed by atoms with Gasteiger partial charge in [0.25, 0.3) is 0 Å². The third-order valence-electron chi connectivity index (χ3n) is 2.32. The number of rotatable bonds is 5. The Morgan fingerprint density at radius 1 is 1.59 bits per heavy atom. The monoisotopic (exact) mass is 239 g/mol. The molecule has 1 heterocycles. The molecule has 1 aromatic heterocycles. The number of aliphatic hydroxyl groups is 1. The molecule has 0 aliphatic heterocycles. The molecule has 7 heteroatoms. The Bertz CT molecular complexity index is 394. The first-order valence-corrected chi connectivity index (χ1v) is 5.29. The van der Waals surface area contributed by atoms with E-state index in [9.17, 15) is 0 Å². The molecule has 0 bridgehead atoms. The third-order valence-corrected chi connectivity index (χ3v) is 2.32. The smallest absolute Gasteiger partial charge is 0.173 e. The van der Waals surface area contributed by atoms with E-state index in [1.807, 2.05) is 18.7 Å². The maximum absolute atomic E-state index is 9.03. The predicted molar refractivity (Wildman–Crippen MR) is 64.1 cm³/mol. The van der Waals surface area contributed by atoms with Crippen molar-refractivity contribution in [3.63, 3.8) is 0 Å². The first kappa shape index (κ1) is 13.2. The van der Waals surface area contributed by atoms with Gasteiger partial charge < -0.3 is 20.9 Å². The van der Waals surface area contributed by atoms with E-state index in [1.54, 1.807) is 6.07 Å². The summed E-state index contributed by atoms with van der Waals surface area (Å²) in [5.74, 6) is 0.463. The fourth-order valence-corrected chi connectivity index (χ4v) is 1.51. The maximum Gasteiger partial charge on any atom is 0.173 e. The van der Waals surface area contributed by atoms with E-state index in [0.29, 0.717) is 17.9 Å². The summed E-state index contributed by atoms with van der Waals surface area (Å²) in [6, 6.07) is 1.73. The van der Waals surface area contributed by atoms with Crippen LogP contribution in [-0.2, 0) is 0 Å². The number of aromatic nitrogens is 2. The molecule has 1 aromatic rings. The van der Waals surface area contributed by atoms with Gasteiger partial charge in [-0.3, -0.25) is 0 Å². The van der Waals surface area contributed by atoms with Crippen LogP contribution in [0, 0.1) is 0 Å². The molecular formula is C10H17N5O2. The number of nitrogens with two attached hydrogens (primary N) is 1. The Labute approximate surface area is 99.6 Å².